The van der Waals surface area contributed by atoms with Crippen molar-refractivity contribution in [2.45, 2.75) is 43.6 Å². The first-order chi connectivity index (χ1) is 10.1. The maximum Gasteiger partial charge on any atom is 0.410 e. The van der Waals surface area contributed by atoms with E-state index in [0.29, 0.717) is 19.5 Å². The number of halogens is 2. The number of amides is 1. The van der Waals surface area contributed by atoms with Crippen LogP contribution in [0.2, 0.25) is 0 Å². The molecule has 2 atom stereocenters. The monoisotopic (exact) mass is 326 g/mol. The standard InChI is InChI=1S/C17H22ClFNO2/c1-16(2,3)22-15(21)20-10-9-17(4,14(18)11-20)12-5-7-13(19)8-6-12/h5-8,14H,4,9-11H2,1-3H3. The van der Waals surface area contributed by atoms with Gasteiger partial charge in [-0.2, -0.15) is 0 Å². The van der Waals surface area contributed by atoms with Crippen molar-refractivity contribution in [1.82, 2.24) is 4.90 Å². The third-order valence-electron chi connectivity index (χ3n) is 3.88. The number of alkyl halides is 1. The fraction of sp³-hybridized carbons (Fsp3) is 0.529. The summed E-state index contributed by atoms with van der Waals surface area (Å²) in [5.41, 5.74) is -0.180. The second kappa shape index (κ2) is 6.07. The summed E-state index contributed by atoms with van der Waals surface area (Å²) in [4.78, 5) is 13.7. The summed E-state index contributed by atoms with van der Waals surface area (Å²) in [6.45, 7) is 10.6. The summed E-state index contributed by atoms with van der Waals surface area (Å²) in [5, 5.41) is -0.362. The van der Waals surface area contributed by atoms with Gasteiger partial charge in [0.2, 0.25) is 0 Å². The number of hydrogen-bond acceptors (Lipinski definition) is 2. The highest BCUT2D eigenvalue weighted by Crippen LogP contribution is 2.38. The van der Waals surface area contributed by atoms with Crippen LogP contribution in [0.5, 0.6) is 0 Å². The maximum atomic E-state index is 13.1. The number of hydrogen-bond donors (Lipinski definition) is 0. The van der Waals surface area contributed by atoms with Gasteiger partial charge < -0.3 is 9.64 Å². The molecule has 1 aromatic carbocycles. The zero-order valence-electron chi connectivity index (χ0n) is 13.2. The van der Waals surface area contributed by atoms with Gasteiger partial charge in [-0.3, -0.25) is 0 Å². The second-order valence-corrected chi connectivity index (χ2v) is 7.33. The van der Waals surface area contributed by atoms with Crippen LogP contribution in [0.4, 0.5) is 9.18 Å². The molecule has 2 rings (SSSR count). The van der Waals surface area contributed by atoms with Gasteiger partial charge in [0.25, 0.3) is 0 Å². The van der Waals surface area contributed by atoms with Crippen LogP contribution in [0, 0.1) is 12.7 Å². The lowest BCUT2D eigenvalue weighted by molar-refractivity contribution is 0.0186. The van der Waals surface area contributed by atoms with Crippen molar-refractivity contribution < 1.29 is 13.9 Å². The molecule has 22 heavy (non-hydrogen) atoms. The van der Waals surface area contributed by atoms with E-state index in [-0.39, 0.29) is 17.3 Å². The molecular weight excluding hydrogens is 305 g/mol. The molecule has 0 saturated carbocycles. The van der Waals surface area contributed by atoms with E-state index in [1.807, 2.05) is 20.8 Å². The third-order valence-corrected chi connectivity index (χ3v) is 4.43. The number of carbonyl (C=O) groups is 1. The minimum atomic E-state index is -0.534. The highest BCUT2D eigenvalue weighted by Gasteiger charge is 2.41. The molecule has 1 amide bonds. The Kier molecular flexibility index (Phi) is 4.71. The fourth-order valence-electron chi connectivity index (χ4n) is 2.55. The van der Waals surface area contributed by atoms with Crippen LogP contribution in [0.3, 0.4) is 0 Å². The molecule has 0 N–H and O–H groups in total. The zero-order valence-corrected chi connectivity index (χ0v) is 14.0. The van der Waals surface area contributed by atoms with Gasteiger partial charge in [0, 0.05) is 18.5 Å². The van der Waals surface area contributed by atoms with Gasteiger partial charge in [-0.05, 0) is 51.8 Å². The number of piperidine rings is 1. The molecule has 0 aromatic heterocycles. The van der Waals surface area contributed by atoms with Crippen molar-refractivity contribution in [1.29, 1.82) is 0 Å². The lowest BCUT2D eigenvalue weighted by Crippen LogP contribution is -2.52. The van der Waals surface area contributed by atoms with Crippen LogP contribution in [0.1, 0.15) is 32.8 Å². The lowest BCUT2D eigenvalue weighted by Gasteiger charge is -2.43. The molecule has 1 fully saturated rings. The molecular formula is C17H22ClFNO2. The molecule has 5 heteroatoms. The largest absolute Gasteiger partial charge is 0.444 e. The van der Waals surface area contributed by atoms with Gasteiger partial charge in [-0.1, -0.05) is 12.1 Å². The van der Waals surface area contributed by atoms with Gasteiger partial charge in [0.05, 0.1) is 5.38 Å². The van der Waals surface area contributed by atoms with E-state index in [0.717, 1.165) is 5.56 Å². The van der Waals surface area contributed by atoms with Gasteiger partial charge in [-0.25, -0.2) is 9.18 Å². The van der Waals surface area contributed by atoms with E-state index in [1.165, 1.54) is 12.1 Å². The summed E-state index contributed by atoms with van der Waals surface area (Å²) < 4.78 is 18.5. The number of nitrogens with zero attached hydrogens (tertiary/aromatic N) is 1. The van der Waals surface area contributed by atoms with Crippen molar-refractivity contribution in [3.63, 3.8) is 0 Å². The summed E-state index contributed by atoms with van der Waals surface area (Å²) >= 11 is 6.50. The van der Waals surface area contributed by atoms with Crippen molar-refractivity contribution in [2.24, 2.45) is 0 Å². The van der Waals surface area contributed by atoms with Crippen molar-refractivity contribution in [3.8, 4) is 0 Å². The lowest BCUT2D eigenvalue weighted by atomic mass is 9.74. The predicted molar refractivity (Wildman–Crippen MR) is 85.5 cm³/mol. The molecule has 1 heterocycles. The molecule has 1 radical (unpaired) electrons. The average molecular weight is 327 g/mol. The topological polar surface area (TPSA) is 29.5 Å². The molecule has 1 aromatic rings. The van der Waals surface area contributed by atoms with Gasteiger partial charge in [0.15, 0.2) is 0 Å². The number of likely N-dealkylation sites (tertiary alicyclic amines) is 1. The molecule has 121 valence electrons. The molecule has 1 saturated heterocycles. The number of rotatable bonds is 1. The molecule has 0 aliphatic carbocycles. The Bertz CT molecular complexity index is 541. The van der Waals surface area contributed by atoms with Gasteiger partial charge >= 0.3 is 6.09 Å². The molecule has 0 bridgehead atoms. The Morgan fingerprint density at radius 3 is 2.50 bits per heavy atom. The van der Waals surface area contributed by atoms with Crippen LogP contribution >= 0.6 is 11.6 Å². The summed E-state index contributed by atoms with van der Waals surface area (Å²) in [6.07, 6.45) is 0.241. The minimum absolute atomic E-state index is 0.287. The van der Waals surface area contributed by atoms with Crippen LogP contribution < -0.4 is 0 Å². The highest BCUT2D eigenvalue weighted by molar-refractivity contribution is 6.22. The van der Waals surface area contributed by atoms with Crippen molar-refractivity contribution in [3.05, 3.63) is 42.6 Å². The Morgan fingerprint density at radius 2 is 2.00 bits per heavy atom. The Balaban J connectivity index is 2.09. The minimum Gasteiger partial charge on any atom is -0.444 e. The van der Waals surface area contributed by atoms with E-state index in [2.05, 4.69) is 6.92 Å². The first-order valence-electron chi connectivity index (χ1n) is 7.35. The number of carbonyl (C=O) groups excluding carboxylic acids is 1. The van der Waals surface area contributed by atoms with Gasteiger partial charge in [-0.15, -0.1) is 11.6 Å². The van der Waals surface area contributed by atoms with E-state index in [1.54, 1.807) is 17.0 Å². The summed E-state index contributed by atoms with van der Waals surface area (Å²) in [6, 6.07) is 6.24. The Morgan fingerprint density at radius 1 is 1.41 bits per heavy atom. The second-order valence-electron chi connectivity index (χ2n) is 6.81. The van der Waals surface area contributed by atoms with Crippen LogP contribution in [-0.2, 0) is 10.2 Å². The SMILES string of the molecule is [CH2]C1(c2ccc(F)cc2)CCN(C(=O)OC(C)(C)C)CC1Cl. The first-order valence-corrected chi connectivity index (χ1v) is 7.79. The molecule has 0 spiro atoms. The predicted octanol–water partition coefficient (Wildman–Crippen LogP) is 4.15. The van der Waals surface area contributed by atoms with Crippen molar-refractivity contribution >= 4 is 17.7 Å². The average Bonchev–Trinajstić information content (AvgIpc) is 2.40. The number of ether oxygens (including phenoxy) is 1. The first kappa shape index (κ1) is 17.1. The molecule has 3 nitrogen and oxygen atoms in total. The van der Waals surface area contributed by atoms with E-state index in [4.69, 9.17) is 16.3 Å². The molecule has 2 unspecified atom stereocenters. The van der Waals surface area contributed by atoms with E-state index in [9.17, 15) is 9.18 Å². The third kappa shape index (κ3) is 3.72. The number of benzene rings is 1. The fourth-order valence-corrected chi connectivity index (χ4v) is 2.95. The van der Waals surface area contributed by atoms with E-state index >= 15 is 0 Å². The van der Waals surface area contributed by atoms with Crippen LogP contribution in [-0.4, -0.2) is 35.1 Å². The quantitative estimate of drug-likeness (QED) is 0.726. The Hall–Kier alpha value is -1.29. The van der Waals surface area contributed by atoms with Gasteiger partial charge in [0.1, 0.15) is 11.4 Å². The van der Waals surface area contributed by atoms with Crippen LogP contribution in [0.15, 0.2) is 24.3 Å². The molecule has 1 aliphatic heterocycles. The summed E-state index contributed by atoms with van der Waals surface area (Å²) in [7, 11) is 0. The zero-order chi connectivity index (χ0) is 16.5. The molecule has 1 aliphatic rings. The van der Waals surface area contributed by atoms with Crippen LogP contribution in [0.25, 0.3) is 0 Å². The normalized spacial score (nSPS) is 25.9. The summed E-state index contributed by atoms with van der Waals surface area (Å²) in [5.74, 6) is -0.287. The van der Waals surface area contributed by atoms with E-state index < -0.39 is 11.0 Å². The smallest absolute Gasteiger partial charge is 0.410 e. The maximum absolute atomic E-state index is 13.1. The highest BCUT2D eigenvalue weighted by atomic mass is 35.5. The van der Waals surface area contributed by atoms with Crippen molar-refractivity contribution in [2.75, 3.05) is 13.1 Å². The Labute approximate surface area is 136 Å².